The Morgan fingerprint density at radius 1 is 0.852 bits per heavy atom. The van der Waals surface area contributed by atoms with Gasteiger partial charge in [-0.05, 0) is 62.9 Å². The van der Waals surface area contributed by atoms with Crippen molar-refractivity contribution >= 4 is 23.2 Å². The van der Waals surface area contributed by atoms with Crippen LogP contribution in [0.5, 0.6) is 0 Å². The second-order valence-corrected chi connectivity index (χ2v) is 7.24. The molecular formula is C22H29N3O2. The molecule has 0 spiro atoms. The monoisotopic (exact) mass is 367 g/mol. The quantitative estimate of drug-likeness (QED) is 0.822. The minimum absolute atomic E-state index is 0.0494. The second kappa shape index (κ2) is 8.71. The topological polar surface area (TPSA) is 61.4 Å². The van der Waals surface area contributed by atoms with Gasteiger partial charge in [0.15, 0.2) is 0 Å². The molecule has 0 atom stereocenters. The lowest BCUT2D eigenvalue weighted by molar-refractivity contribution is -0.123. The molecule has 0 aliphatic heterocycles. The summed E-state index contributed by atoms with van der Waals surface area (Å²) in [6.45, 7) is 10.1. The van der Waals surface area contributed by atoms with Crippen LogP contribution in [0.2, 0.25) is 0 Å². The molecule has 0 aliphatic rings. The highest BCUT2D eigenvalue weighted by atomic mass is 16.2. The molecule has 2 rings (SSSR count). The van der Waals surface area contributed by atoms with Crippen molar-refractivity contribution in [2.45, 2.75) is 34.6 Å². The van der Waals surface area contributed by atoms with Gasteiger partial charge in [0.1, 0.15) is 0 Å². The van der Waals surface area contributed by atoms with E-state index in [2.05, 4.69) is 16.7 Å². The van der Waals surface area contributed by atoms with Gasteiger partial charge in [-0.1, -0.05) is 29.8 Å². The number of carbonyl (C=O) groups excluding carboxylic acids is 2. The normalized spacial score (nSPS) is 10.4. The van der Waals surface area contributed by atoms with E-state index in [-0.39, 0.29) is 24.9 Å². The van der Waals surface area contributed by atoms with Crippen molar-refractivity contribution in [3.63, 3.8) is 0 Å². The molecule has 0 aliphatic carbocycles. The minimum Gasteiger partial charge on any atom is -0.365 e. The summed E-state index contributed by atoms with van der Waals surface area (Å²) < 4.78 is 0. The average molecular weight is 367 g/mol. The molecule has 0 unspecified atom stereocenters. The number of rotatable bonds is 6. The molecule has 144 valence electrons. The van der Waals surface area contributed by atoms with E-state index in [1.165, 1.54) is 0 Å². The van der Waals surface area contributed by atoms with Crippen LogP contribution >= 0.6 is 0 Å². The molecule has 0 radical (unpaired) electrons. The fraction of sp³-hybridized carbons (Fsp3) is 0.364. The third-order valence-corrected chi connectivity index (χ3v) is 4.54. The maximum atomic E-state index is 12.2. The zero-order valence-electron chi connectivity index (χ0n) is 17.1. The number of likely N-dealkylation sites (N-methyl/N-ethyl adjacent to an activating group) is 1. The summed E-state index contributed by atoms with van der Waals surface area (Å²) in [5, 5.41) is 5.59. The number of nitrogens with one attached hydrogen (secondary N) is 2. The lowest BCUT2D eigenvalue weighted by Crippen LogP contribution is -2.39. The van der Waals surface area contributed by atoms with Gasteiger partial charge in [0.2, 0.25) is 11.8 Å². The molecule has 5 heteroatoms. The van der Waals surface area contributed by atoms with Gasteiger partial charge in [-0.2, -0.15) is 0 Å². The molecule has 0 fully saturated rings. The molecule has 2 amide bonds. The molecule has 0 saturated heterocycles. The predicted molar refractivity (Wildman–Crippen MR) is 111 cm³/mol. The smallest absolute Gasteiger partial charge is 0.243 e. The van der Waals surface area contributed by atoms with Crippen molar-refractivity contribution in [3.8, 4) is 0 Å². The summed E-state index contributed by atoms with van der Waals surface area (Å²) in [4.78, 5) is 26.3. The van der Waals surface area contributed by atoms with E-state index in [9.17, 15) is 9.59 Å². The predicted octanol–water partition coefficient (Wildman–Crippen LogP) is 3.42. The molecule has 27 heavy (non-hydrogen) atoms. The van der Waals surface area contributed by atoms with Gasteiger partial charge in [-0.15, -0.1) is 0 Å². The molecular weight excluding hydrogens is 338 g/mol. The van der Waals surface area contributed by atoms with Crippen molar-refractivity contribution in [1.82, 2.24) is 5.32 Å². The highest BCUT2D eigenvalue weighted by molar-refractivity contribution is 5.96. The Hall–Kier alpha value is -2.82. The van der Waals surface area contributed by atoms with E-state index in [4.69, 9.17) is 0 Å². The summed E-state index contributed by atoms with van der Waals surface area (Å²) >= 11 is 0. The van der Waals surface area contributed by atoms with Crippen molar-refractivity contribution in [2.75, 3.05) is 30.4 Å². The van der Waals surface area contributed by atoms with Crippen LogP contribution in [0.4, 0.5) is 11.4 Å². The molecule has 0 saturated carbocycles. The van der Waals surface area contributed by atoms with Crippen LogP contribution in [0.15, 0.2) is 30.3 Å². The first-order chi connectivity index (χ1) is 12.7. The Balaban J connectivity index is 1.90. The molecule has 2 N–H and O–H groups in total. The van der Waals surface area contributed by atoms with Gasteiger partial charge in [0.25, 0.3) is 0 Å². The number of hydrogen-bond acceptors (Lipinski definition) is 3. The van der Waals surface area contributed by atoms with Crippen LogP contribution < -0.4 is 15.5 Å². The van der Waals surface area contributed by atoms with Crippen molar-refractivity contribution in [2.24, 2.45) is 0 Å². The molecule has 0 aromatic heterocycles. The van der Waals surface area contributed by atoms with Crippen molar-refractivity contribution < 1.29 is 9.59 Å². The Morgan fingerprint density at radius 2 is 1.48 bits per heavy atom. The number of nitrogens with zero attached hydrogens (tertiary/aromatic N) is 1. The third kappa shape index (κ3) is 5.58. The van der Waals surface area contributed by atoms with Gasteiger partial charge in [0.05, 0.1) is 13.1 Å². The van der Waals surface area contributed by atoms with Crippen LogP contribution in [-0.2, 0) is 9.59 Å². The van der Waals surface area contributed by atoms with Crippen molar-refractivity contribution in [3.05, 3.63) is 58.1 Å². The summed E-state index contributed by atoms with van der Waals surface area (Å²) in [7, 11) is 1.88. The molecule has 0 heterocycles. The maximum absolute atomic E-state index is 12.2. The minimum atomic E-state index is -0.229. The number of hydrogen-bond donors (Lipinski definition) is 2. The highest BCUT2D eigenvalue weighted by Gasteiger charge is 2.12. The van der Waals surface area contributed by atoms with Crippen LogP contribution in [-0.4, -0.2) is 32.0 Å². The largest absolute Gasteiger partial charge is 0.365 e. The molecule has 2 aromatic carbocycles. The van der Waals surface area contributed by atoms with Crippen molar-refractivity contribution in [1.29, 1.82) is 0 Å². The Bertz CT molecular complexity index is 836. The number of benzene rings is 2. The Labute approximate surface area is 161 Å². The average Bonchev–Trinajstić information content (AvgIpc) is 2.58. The van der Waals surface area contributed by atoms with Gasteiger partial charge < -0.3 is 15.5 Å². The number of aryl methyl sites for hydroxylation is 5. The van der Waals surface area contributed by atoms with E-state index in [0.717, 1.165) is 39.2 Å². The summed E-state index contributed by atoms with van der Waals surface area (Å²) in [5.74, 6) is -0.418. The summed E-state index contributed by atoms with van der Waals surface area (Å²) in [5.41, 5.74) is 7.27. The first kappa shape index (κ1) is 20.5. The number of carbonyl (C=O) groups is 2. The summed E-state index contributed by atoms with van der Waals surface area (Å²) in [6.07, 6.45) is 0. The fourth-order valence-corrected chi connectivity index (χ4v) is 3.23. The van der Waals surface area contributed by atoms with E-state index < -0.39 is 0 Å². The van der Waals surface area contributed by atoms with Gasteiger partial charge >= 0.3 is 0 Å². The maximum Gasteiger partial charge on any atom is 0.243 e. The van der Waals surface area contributed by atoms with Crippen LogP contribution in [0.25, 0.3) is 0 Å². The summed E-state index contributed by atoms with van der Waals surface area (Å²) in [6, 6.07) is 10.2. The van der Waals surface area contributed by atoms with E-state index >= 15 is 0 Å². The standard InChI is InChI=1S/C22H29N3O2/c1-14-7-8-16(3)19(11-14)25(6)13-21(27)23-12-20(26)24-22-17(4)9-15(2)10-18(22)5/h7-11H,12-13H2,1-6H3,(H,23,27)(H,24,26). The van der Waals surface area contributed by atoms with Gasteiger partial charge in [-0.25, -0.2) is 0 Å². The molecule has 2 aromatic rings. The van der Waals surface area contributed by atoms with E-state index in [1.807, 2.05) is 70.8 Å². The fourth-order valence-electron chi connectivity index (χ4n) is 3.23. The van der Waals surface area contributed by atoms with Gasteiger partial charge in [-0.3, -0.25) is 9.59 Å². The highest BCUT2D eigenvalue weighted by Crippen LogP contribution is 2.22. The third-order valence-electron chi connectivity index (χ3n) is 4.54. The lowest BCUT2D eigenvalue weighted by Gasteiger charge is -2.21. The number of amides is 2. The van der Waals surface area contributed by atoms with E-state index in [0.29, 0.717) is 0 Å². The first-order valence-electron chi connectivity index (χ1n) is 9.10. The zero-order valence-corrected chi connectivity index (χ0v) is 17.1. The lowest BCUT2D eigenvalue weighted by atomic mass is 10.1. The zero-order chi connectivity index (χ0) is 20.1. The SMILES string of the molecule is Cc1cc(C)c(NC(=O)CNC(=O)CN(C)c2cc(C)ccc2C)c(C)c1. The Kier molecular flexibility index (Phi) is 6.61. The Morgan fingerprint density at radius 3 is 2.11 bits per heavy atom. The molecule has 0 bridgehead atoms. The second-order valence-electron chi connectivity index (χ2n) is 7.24. The van der Waals surface area contributed by atoms with Crippen LogP contribution in [0, 0.1) is 34.6 Å². The van der Waals surface area contributed by atoms with Crippen LogP contribution in [0.1, 0.15) is 27.8 Å². The van der Waals surface area contributed by atoms with Gasteiger partial charge in [0, 0.05) is 18.4 Å². The van der Waals surface area contributed by atoms with E-state index in [1.54, 1.807) is 0 Å². The van der Waals surface area contributed by atoms with Crippen LogP contribution in [0.3, 0.4) is 0 Å². The first-order valence-corrected chi connectivity index (χ1v) is 9.10. The molecule has 5 nitrogen and oxygen atoms in total. The number of anilines is 2.